The van der Waals surface area contributed by atoms with Crippen LogP contribution in [0.25, 0.3) is 11.0 Å². The second-order valence-electron chi connectivity index (χ2n) is 6.70. The minimum atomic E-state index is -3.11. The number of nitrogens with one attached hydrogen (secondary N) is 1. The molecule has 3 rings (SSSR count). The molecule has 1 N–H and O–H groups in total. The van der Waals surface area contributed by atoms with Crippen molar-refractivity contribution < 1.29 is 31.9 Å². The lowest BCUT2D eigenvalue weighted by atomic mass is 10.1. The highest BCUT2D eigenvalue weighted by Gasteiger charge is 2.31. The molecule has 0 aliphatic carbocycles. The van der Waals surface area contributed by atoms with Crippen molar-refractivity contribution in [1.29, 1.82) is 0 Å². The Morgan fingerprint density at radius 3 is 2.75 bits per heavy atom. The number of rotatable bonds is 7. The average molecular weight is 409 g/mol. The summed E-state index contributed by atoms with van der Waals surface area (Å²) in [5, 5.41) is 3.36. The summed E-state index contributed by atoms with van der Waals surface area (Å²) in [6.07, 6.45) is -0.736. The first-order valence-electron chi connectivity index (χ1n) is 9.10. The third-order valence-electron chi connectivity index (χ3n) is 4.57. The molecule has 1 fully saturated rings. The Morgan fingerprint density at radius 1 is 1.32 bits per heavy atom. The number of para-hydroxylation sites is 1. The van der Waals surface area contributed by atoms with Gasteiger partial charge in [0.15, 0.2) is 15.9 Å². The lowest BCUT2D eigenvalue weighted by Crippen LogP contribution is -2.42. The van der Waals surface area contributed by atoms with Gasteiger partial charge in [0.1, 0.15) is 5.58 Å². The number of sulfone groups is 1. The van der Waals surface area contributed by atoms with E-state index in [-0.39, 0.29) is 23.9 Å². The average Bonchev–Trinajstić information content (AvgIpc) is 3.19. The normalized spacial score (nSPS) is 19.4. The van der Waals surface area contributed by atoms with Crippen LogP contribution in [0, 0.1) is 0 Å². The van der Waals surface area contributed by atoms with Gasteiger partial charge >= 0.3 is 5.97 Å². The predicted octanol–water partition coefficient (Wildman–Crippen LogP) is 1.82. The van der Waals surface area contributed by atoms with E-state index in [4.69, 9.17) is 13.9 Å². The van der Waals surface area contributed by atoms with E-state index >= 15 is 0 Å². The largest absolute Gasteiger partial charge is 0.449 e. The minimum absolute atomic E-state index is 0.00209. The maximum Gasteiger partial charge on any atom is 0.375 e. The van der Waals surface area contributed by atoms with E-state index in [1.807, 2.05) is 19.1 Å². The second-order valence-corrected chi connectivity index (χ2v) is 8.93. The Kier molecular flexibility index (Phi) is 6.04. The second kappa shape index (κ2) is 8.32. The molecule has 2 aromatic rings. The SMILES string of the molecule is CCOCc1c(C(=O)O[C@H](C)C(=O)N[C@@H]2CCS(=O)(=O)C2)oc2ccccc12. The van der Waals surface area contributed by atoms with Crippen LogP contribution in [0.2, 0.25) is 0 Å². The van der Waals surface area contributed by atoms with Crippen LogP contribution in [0.1, 0.15) is 36.4 Å². The van der Waals surface area contributed by atoms with E-state index in [9.17, 15) is 18.0 Å². The molecular formula is C19H23NO7S. The van der Waals surface area contributed by atoms with E-state index in [0.29, 0.717) is 24.2 Å². The highest BCUT2D eigenvalue weighted by atomic mass is 32.2. The standard InChI is InChI=1S/C19H23NO7S/c1-3-25-10-15-14-6-4-5-7-16(14)27-17(15)19(22)26-12(2)18(21)20-13-8-9-28(23,24)11-13/h4-7,12-13H,3,8-11H2,1-2H3,(H,20,21)/t12-,13-/m1/s1. The van der Waals surface area contributed by atoms with E-state index in [1.54, 1.807) is 12.1 Å². The first kappa shape index (κ1) is 20.3. The summed E-state index contributed by atoms with van der Waals surface area (Å²) in [5.74, 6) is -1.36. The van der Waals surface area contributed by atoms with Crippen molar-refractivity contribution in [2.75, 3.05) is 18.1 Å². The van der Waals surface area contributed by atoms with Gasteiger partial charge in [-0.3, -0.25) is 4.79 Å². The van der Waals surface area contributed by atoms with Crippen LogP contribution < -0.4 is 5.32 Å². The summed E-state index contributed by atoms with van der Waals surface area (Å²) in [6, 6.07) is 6.71. The van der Waals surface area contributed by atoms with Crippen LogP contribution in [0.4, 0.5) is 0 Å². The fourth-order valence-electron chi connectivity index (χ4n) is 3.11. The highest BCUT2D eigenvalue weighted by Crippen LogP contribution is 2.27. The van der Waals surface area contributed by atoms with Crippen LogP contribution in [-0.2, 0) is 30.7 Å². The zero-order chi connectivity index (χ0) is 20.3. The number of amides is 1. The smallest absolute Gasteiger partial charge is 0.375 e. The summed E-state index contributed by atoms with van der Waals surface area (Å²) < 4.78 is 39.3. The fraction of sp³-hybridized carbons (Fsp3) is 0.474. The molecule has 2 heterocycles. The molecular weight excluding hydrogens is 386 g/mol. The molecule has 8 nitrogen and oxygen atoms in total. The van der Waals surface area contributed by atoms with Crippen LogP contribution in [0.3, 0.4) is 0 Å². The molecule has 28 heavy (non-hydrogen) atoms. The summed E-state index contributed by atoms with van der Waals surface area (Å²) in [7, 11) is -3.11. The topological polar surface area (TPSA) is 112 Å². The lowest BCUT2D eigenvalue weighted by Gasteiger charge is -2.16. The van der Waals surface area contributed by atoms with Gasteiger partial charge < -0.3 is 19.2 Å². The molecule has 152 valence electrons. The number of esters is 1. The number of ether oxygens (including phenoxy) is 2. The maximum atomic E-state index is 12.6. The Morgan fingerprint density at radius 2 is 2.07 bits per heavy atom. The van der Waals surface area contributed by atoms with Gasteiger partial charge in [-0.1, -0.05) is 18.2 Å². The summed E-state index contributed by atoms with van der Waals surface area (Å²) >= 11 is 0. The fourth-order valence-corrected chi connectivity index (χ4v) is 4.78. The van der Waals surface area contributed by atoms with Gasteiger partial charge in [-0.05, 0) is 26.3 Å². The molecule has 0 saturated carbocycles. The van der Waals surface area contributed by atoms with Crippen molar-refractivity contribution in [3.05, 3.63) is 35.6 Å². The highest BCUT2D eigenvalue weighted by molar-refractivity contribution is 7.91. The lowest BCUT2D eigenvalue weighted by molar-refractivity contribution is -0.129. The van der Waals surface area contributed by atoms with Gasteiger partial charge in [0.05, 0.1) is 18.1 Å². The Bertz CT molecular complexity index is 979. The van der Waals surface area contributed by atoms with Crippen LogP contribution >= 0.6 is 0 Å². The number of fused-ring (bicyclic) bond motifs is 1. The van der Waals surface area contributed by atoms with Crippen molar-refractivity contribution in [3.63, 3.8) is 0 Å². The number of benzene rings is 1. The van der Waals surface area contributed by atoms with Gasteiger partial charge in [-0.25, -0.2) is 13.2 Å². The van der Waals surface area contributed by atoms with Crippen LogP contribution in [0.15, 0.2) is 28.7 Å². The van der Waals surface area contributed by atoms with E-state index in [1.165, 1.54) is 6.92 Å². The van der Waals surface area contributed by atoms with Gasteiger partial charge in [0, 0.05) is 23.6 Å². The maximum absolute atomic E-state index is 12.6. The molecule has 1 aromatic carbocycles. The van der Waals surface area contributed by atoms with Gasteiger partial charge in [0.25, 0.3) is 5.91 Å². The number of carbonyl (C=O) groups is 2. The summed E-state index contributed by atoms with van der Waals surface area (Å²) in [4.78, 5) is 24.9. The molecule has 0 bridgehead atoms. The molecule has 0 spiro atoms. The third-order valence-corrected chi connectivity index (χ3v) is 6.33. The van der Waals surface area contributed by atoms with E-state index in [2.05, 4.69) is 5.32 Å². The molecule has 0 unspecified atom stereocenters. The molecule has 0 radical (unpaired) electrons. The Balaban J connectivity index is 1.70. The van der Waals surface area contributed by atoms with Crippen LogP contribution in [0.5, 0.6) is 0 Å². The molecule has 1 saturated heterocycles. The molecule has 9 heteroatoms. The van der Waals surface area contributed by atoms with Crippen LogP contribution in [-0.4, -0.2) is 50.6 Å². The number of hydrogen-bond donors (Lipinski definition) is 1. The Hall–Kier alpha value is -2.39. The van der Waals surface area contributed by atoms with Gasteiger partial charge in [0.2, 0.25) is 5.76 Å². The van der Waals surface area contributed by atoms with Crippen molar-refractivity contribution in [2.24, 2.45) is 0 Å². The molecule has 1 amide bonds. The van der Waals surface area contributed by atoms with Crippen molar-refractivity contribution in [3.8, 4) is 0 Å². The molecule has 2 atom stereocenters. The number of hydrogen-bond acceptors (Lipinski definition) is 7. The van der Waals surface area contributed by atoms with Crippen molar-refractivity contribution in [1.82, 2.24) is 5.32 Å². The summed E-state index contributed by atoms with van der Waals surface area (Å²) in [5.41, 5.74) is 1.09. The van der Waals surface area contributed by atoms with E-state index < -0.39 is 33.9 Å². The number of furan rings is 1. The zero-order valence-electron chi connectivity index (χ0n) is 15.8. The zero-order valence-corrected chi connectivity index (χ0v) is 16.6. The predicted molar refractivity (Wildman–Crippen MR) is 102 cm³/mol. The molecule has 1 aliphatic rings. The van der Waals surface area contributed by atoms with Crippen molar-refractivity contribution in [2.45, 2.75) is 39.0 Å². The Labute approximate surface area is 163 Å². The molecule has 1 aromatic heterocycles. The molecule has 1 aliphatic heterocycles. The monoisotopic (exact) mass is 409 g/mol. The minimum Gasteiger partial charge on any atom is -0.449 e. The first-order chi connectivity index (χ1) is 13.3. The summed E-state index contributed by atoms with van der Waals surface area (Å²) in [6.45, 7) is 3.92. The van der Waals surface area contributed by atoms with Gasteiger partial charge in [-0.2, -0.15) is 0 Å². The number of carbonyl (C=O) groups excluding carboxylic acids is 2. The van der Waals surface area contributed by atoms with Gasteiger partial charge in [-0.15, -0.1) is 0 Å². The third kappa shape index (κ3) is 4.53. The van der Waals surface area contributed by atoms with E-state index in [0.717, 1.165) is 5.39 Å². The first-order valence-corrected chi connectivity index (χ1v) is 10.9. The quantitative estimate of drug-likeness (QED) is 0.694. The van der Waals surface area contributed by atoms with Crippen molar-refractivity contribution >= 4 is 32.7 Å².